The van der Waals surface area contributed by atoms with Crippen LogP contribution in [0.5, 0.6) is 0 Å². The number of carbonyl (C=O) groups excluding carboxylic acids is 1. The van der Waals surface area contributed by atoms with E-state index in [2.05, 4.69) is 17.4 Å². The van der Waals surface area contributed by atoms with Gasteiger partial charge in [0.2, 0.25) is 5.91 Å². The molecule has 0 aliphatic rings. The van der Waals surface area contributed by atoms with Gasteiger partial charge in [-0.1, -0.05) is 30.3 Å². The molecule has 0 unspecified atom stereocenters. The summed E-state index contributed by atoms with van der Waals surface area (Å²) in [5, 5.41) is 2.96. The first-order valence-electron chi connectivity index (χ1n) is 5.90. The van der Waals surface area contributed by atoms with Crippen molar-refractivity contribution in [2.24, 2.45) is 0 Å². The fourth-order valence-electron chi connectivity index (χ4n) is 1.45. The van der Waals surface area contributed by atoms with Gasteiger partial charge in [0.05, 0.1) is 5.75 Å². The molecule has 0 atom stereocenters. The number of benzene rings is 1. The van der Waals surface area contributed by atoms with E-state index >= 15 is 0 Å². The summed E-state index contributed by atoms with van der Waals surface area (Å²) in [7, 11) is 0. The van der Waals surface area contributed by atoms with E-state index in [1.165, 1.54) is 5.56 Å². The van der Waals surface area contributed by atoms with Crippen molar-refractivity contribution < 1.29 is 4.79 Å². The maximum Gasteiger partial charge on any atom is 0.230 e. The largest absolute Gasteiger partial charge is 0.351 e. The van der Waals surface area contributed by atoms with Gasteiger partial charge in [0, 0.05) is 5.54 Å². The molecule has 0 bridgehead atoms. The average Bonchev–Trinajstić information content (AvgIpc) is 2.23. The van der Waals surface area contributed by atoms with Gasteiger partial charge in [-0.25, -0.2) is 0 Å². The zero-order chi connectivity index (χ0) is 12.7. The van der Waals surface area contributed by atoms with Crippen LogP contribution in [0.4, 0.5) is 0 Å². The Hall–Kier alpha value is -0.960. The predicted molar refractivity (Wildman–Crippen MR) is 75.4 cm³/mol. The first-order valence-corrected chi connectivity index (χ1v) is 7.05. The van der Waals surface area contributed by atoms with E-state index in [4.69, 9.17) is 0 Å². The first-order chi connectivity index (χ1) is 7.97. The number of hydrogen-bond acceptors (Lipinski definition) is 2. The predicted octanol–water partition coefficient (Wildman–Crippen LogP) is 2.88. The minimum Gasteiger partial charge on any atom is -0.351 e. The summed E-state index contributed by atoms with van der Waals surface area (Å²) < 4.78 is 0. The number of carbonyl (C=O) groups is 1. The Morgan fingerprint density at radius 3 is 2.47 bits per heavy atom. The number of thioether (sulfide) groups is 1. The molecule has 3 heteroatoms. The van der Waals surface area contributed by atoms with Crippen molar-refractivity contribution in [2.45, 2.75) is 32.7 Å². The van der Waals surface area contributed by atoms with Gasteiger partial charge in [-0.15, -0.1) is 0 Å². The van der Waals surface area contributed by atoms with Crippen molar-refractivity contribution in [3.05, 3.63) is 35.9 Å². The van der Waals surface area contributed by atoms with Gasteiger partial charge in [0.15, 0.2) is 0 Å². The Kier molecular flexibility index (Phi) is 5.56. The zero-order valence-electron chi connectivity index (χ0n) is 10.8. The number of amides is 1. The lowest BCUT2D eigenvalue weighted by Crippen LogP contribution is -2.41. The second-order valence-corrected chi connectivity index (χ2v) is 6.19. The summed E-state index contributed by atoms with van der Waals surface area (Å²) in [6.07, 6.45) is 1.02. The van der Waals surface area contributed by atoms with Gasteiger partial charge in [-0.2, -0.15) is 11.8 Å². The normalized spacial score (nSPS) is 11.2. The summed E-state index contributed by atoms with van der Waals surface area (Å²) in [6.45, 7) is 6.00. The molecule has 94 valence electrons. The molecule has 0 heterocycles. The lowest BCUT2D eigenvalue weighted by atomic mass is 10.1. The summed E-state index contributed by atoms with van der Waals surface area (Å²) in [5.74, 6) is 1.65. The highest BCUT2D eigenvalue weighted by atomic mass is 32.2. The monoisotopic (exact) mass is 251 g/mol. The highest BCUT2D eigenvalue weighted by Gasteiger charge is 2.12. The molecule has 0 fully saturated rings. The van der Waals surface area contributed by atoms with Gasteiger partial charge in [-0.05, 0) is 38.5 Å². The van der Waals surface area contributed by atoms with E-state index in [0.29, 0.717) is 5.75 Å². The van der Waals surface area contributed by atoms with Crippen molar-refractivity contribution in [3.63, 3.8) is 0 Å². The van der Waals surface area contributed by atoms with Gasteiger partial charge < -0.3 is 5.32 Å². The standard InChI is InChI=1S/C14H21NOS/c1-14(2,3)15-13(16)11-17-10-9-12-7-5-4-6-8-12/h4-8H,9-11H2,1-3H3,(H,15,16). The van der Waals surface area contributed by atoms with Crippen LogP contribution < -0.4 is 5.32 Å². The highest BCUT2D eigenvalue weighted by molar-refractivity contribution is 7.99. The second-order valence-electron chi connectivity index (χ2n) is 5.09. The third-order valence-corrected chi connectivity index (χ3v) is 3.08. The van der Waals surface area contributed by atoms with E-state index in [1.54, 1.807) is 11.8 Å². The molecule has 0 radical (unpaired) electrons. The summed E-state index contributed by atoms with van der Waals surface area (Å²) in [5.41, 5.74) is 1.20. The molecule has 1 amide bonds. The van der Waals surface area contributed by atoms with Crippen molar-refractivity contribution in [1.82, 2.24) is 5.32 Å². The van der Waals surface area contributed by atoms with Crippen LogP contribution in [-0.2, 0) is 11.2 Å². The Balaban J connectivity index is 2.14. The number of hydrogen-bond donors (Lipinski definition) is 1. The topological polar surface area (TPSA) is 29.1 Å². The third kappa shape index (κ3) is 7.05. The van der Waals surface area contributed by atoms with E-state index < -0.39 is 0 Å². The molecule has 1 rings (SSSR count). The zero-order valence-corrected chi connectivity index (χ0v) is 11.6. The smallest absolute Gasteiger partial charge is 0.230 e. The van der Waals surface area contributed by atoms with Gasteiger partial charge in [-0.3, -0.25) is 4.79 Å². The van der Waals surface area contributed by atoms with Gasteiger partial charge in [0.25, 0.3) is 0 Å². The minimum atomic E-state index is -0.128. The van der Waals surface area contributed by atoms with E-state index in [-0.39, 0.29) is 11.4 Å². The van der Waals surface area contributed by atoms with Crippen LogP contribution in [-0.4, -0.2) is 23.0 Å². The molecule has 0 aromatic heterocycles. The van der Waals surface area contributed by atoms with Crippen LogP contribution >= 0.6 is 11.8 Å². The lowest BCUT2D eigenvalue weighted by molar-refractivity contribution is -0.119. The number of nitrogens with one attached hydrogen (secondary N) is 1. The Bertz CT molecular complexity index is 343. The van der Waals surface area contributed by atoms with Crippen molar-refractivity contribution in [2.75, 3.05) is 11.5 Å². The molecule has 1 aromatic carbocycles. The van der Waals surface area contributed by atoms with Crippen LogP contribution in [0.2, 0.25) is 0 Å². The molecule has 0 spiro atoms. The Labute approximate surface area is 108 Å². The molecule has 17 heavy (non-hydrogen) atoms. The summed E-state index contributed by atoms with van der Waals surface area (Å²) in [4.78, 5) is 11.5. The fraction of sp³-hybridized carbons (Fsp3) is 0.500. The third-order valence-electron chi connectivity index (χ3n) is 2.13. The van der Waals surface area contributed by atoms with E-state index in [9.17, 15) is 4.79 Å². The summed E-state index contributed by atoms with van der Waals surface area (Å²) in [6, 6.07) is 10.4. The minimum absolute atomic E-state index is 0.121. The molecule has 1 N–H and O–H groups in total. The SMILES string of the molecule is CC(C)(C)NC(=O)CSCCc1ccccc1. The van der Waals surface area contributed by atoms with Crippen LogP contribution in [0, 0.1) is 0 Å². The molecule has 0 aliphatic heterocycles. The maximum absolute atomic E-state index is 11.5. The number of rotatable bonds is 5. The quantitative estimate of drug-likeness (QED) is 0.815. The van der Waals surface area contributed by atoms with Crippen LogP contribution in [0.1, 0.15) is 26.3 Å². The maximum atomic E-state index is 11.5. The Morgan fingerprint density at radius 1 is 1.24 bits per heavy atom. The van der Waals surface area contributed by atoms with Crippen LogP contribution in [0.15, 0.2) is 30.3 Å². The molecule has 0 aliphatic carbocycles. The van der Waals surface area contributed by atoms with Crippen molar-refractivity contribution in [1.29, 1.82) is 0 Å². The second kappa shape index (κ2) is 6.70. The number of aryl methyl sites for hydroxylation is 1. The highest BCUT2D eigenvalue weighted by Crippen LogP contribution is 2.07. The molecule has 0 saturated carbocycles. The van der Waals surface area contributed by atoms with E-state index in [1.807, 2.05) is 39.0 Å². The molecule has 1 aromatic rings. The van der Waals surface area contributed by atoms with Crippen LogP contribution in [0.3, 0.4) is 0 Å². The van der Waals surface area contributed by atoms with Crippen molar-refractivity contribution in [3.8, 4) is 0 Å². The Morgan fingerprint density at radius 2 is 1.88 bits per heavy atom. The molecule has 0 saturated heterocycles. The average molecular weight is 251 g/mol. The van der Waals surface area contributed by atoms with Crippen molar-refractivity contribution >= 4 is 17.7 Å². The van der Waals surface area contributed by atoms with Crippen LogP contribution in [0.25, 0.3) is 0 Å². The molecule has 2 nitrogen and oxygen atoms in total. The van der Waals surface area contributed by atoms with Gasteiger partial charge >= 0.3 is 0 Å². The lowest BCUT2D eigenvalue weighted by Gasteiger charge is -2.20. The van der Waals surface area contributed by atoms with E-state index in [0.717, 1.165) is 12.2 Å². The molecular weight excluding hydrogens is 230 g/mol. The van der Waals surface area contributed by atoms with Gasteiger partial charge in [0.1, 0.15) is 0 Å². The molecular formula is C14H21NOS. The summed E-state index contributed by atoms with van der Waals surface area (Å²) >= 11 is 1.68. The fourth-order valence-corrected chi connectivity index (χ4v) is 2.24. The first kappa shape index (κ1) is 14.1.